The zero-order chi connectivity index (χ0) is 23.2. The predicted octanol–water partition coefficient (Wildman–Crippen LogP) is 4.06. The molecule has 2 heterocycles. The Labute approximate surface area is 198 Å². The van der Waals surface area contributed by atoms with Crippen LogP contribution in [0.5, 0.6) is 5.75 Å². The van der Waals surface area contributed by atoms with E-state index in [4.69, 9.17) is 9.47 Å². The maximum absolute atomic E-state index is 13.6. The van der Waals surface area contributed by atoms with E-state index >= 15 is 0 Å². The summed E-state index contributed by atoms with van der Waals surface area (Å²) in [6.45, 7) is 1.63. The van der Waals surface area contributed by atoms with Gasteiger partial charge in [-0.05, 0) is 48.4 Å². The number of rotatable bonds is 9. The number of nitrogens with zero attached hydrogens (tertiary/aromatic N) is 2. The average Bonchev–Trinajstić information content (AvgIpc) is 3.52. The Bertz CT molecular complexity index is 959. The Morgan fingerprint density at radius 3 is 2.82 bits per heavy atom. The molecule has 178 valence electrons. The van der Waals surface area contributed by atoms with E-state index in [0.29, 0.717) is 25.4 Å². The summed E-state index contributed by atoms with van der Waals surface area (Å²) in [5.74, 6) is 0.0369. The highest BCUT2D eigenvalue weighted by molar-refractivity contribution is 7.10. The number of hydrogen-bond donors (Lipinski definition) is 0. The van der Waals surface area contributed by atoms with Crippen molar-refractivity contribution >= 4 is 23.2 Å². The van der Waals surface area contributed by atoms with Crippen LogP contribution in [-0.4, -0.2) is 61.6 Å². The Hall–Kier alpha value is -2.45. The van der Waals surface area contributed by atoms with E-state index in [1.54, 1.807) is 35.5 Å². The van der Waals surface area contributed by atoms with Gasteiger partial charge in [0.2, 0.25) is 11.8 Å². The van der Waals surface area contributed by atoms with E-state index in [2.05, 4.69) is 0 Å². The summed E-state index contributed by atoms with van der Waals surface area (Å²) in [4.78, 5) is 31.3. The van der Waals surface area contributed by atoms with Crippen molar-refractivity contribution in [2.45, 2.75) is 38.1 Å². The normalized spacial score (nSPS) is 18.2. The zero-order valence-electron chi connectivity index (χ0n) is 19.0. The smallest absolute Gasteiger partial charge is 0.242 e. The van der Waals surface area contributed by atoms with Gasteiger partial charge >= 0.3 is 0 Å². The number of methoxy groups -OCH3 is 1. The lowest BCUT2D eigenvalue weighted by Crippen LogP contribution is -2.49. The summed E-state index contributed by atoms with van der Waals surface area (Å²) in [6, 6.07) is 7.78. The number of amides is 2. The van der Waals surface area contributed by atoms with E-state index in [9.17, 15) is 14.0 Å². The SMILES string of the molecule is COCCN(CC(=O)N1CCc2sccc2[C@@H]1COc1cccc(F)c1)C(=O)C1CCCC1. The number of ether oxygens (including phenoxy) is 2. The first-order chi connectivity index (χ1) is 16.1. The molecule has 2 aromatic rings. The molecule has 0 radical (unpaired) electrons. The van der Waals surface area contributed by atoms with Gasteiger partial charge in [0.1, 0.15) is 18.2 Å². The van der Waals surface area contributed by atoms with E-state index in [-0.39, 0.29) is 42.7 Å². The Morgan fingerprint density at radius 2 is 2.06 bits per heavy atom. The van der Waals surface area contributed by atoms with Gasteiger partial charge in [-0.15, -0.1) is 11.3 Å². The van der Waals surface area contributed by atoms with Gasteiger partial charge in [-0.3, -0.25) is 9.59 Å². The highest BCUT2D eigenvalue weighted by Gasteiger charge is 2.35. The van der Waals surface area contributed by atoms with Gasteiger partial charge in [0.25, 0.3) is 0 Å². The molecule has 1 aromatic heterocycles. The molecule has 8 heteroatoms. The van der Waals surface area contributed by atoms with Crippen LogP contribution in [0.2, 0.25) is 0 Å². The first-order valence-corrected chi connectivity index (χ1v) is 12.5. The lowest BCUT2D eigenvalue weighted by atomic mass is 10.00. The second-order valence-corrected chi connectivity index (χ2v) is 9.66. The maximum Gasteiger partial charge on any atom is 0.242 e. The van der Waals surface area contributed by atoms with Crippen LogP contribution in [0.25, 0.3) is 0 Å². The standard InChI is InChI=1S/C25H31FN2O4S/c1-31-13-12-27(25(30)18-5-2-3-6-18)16-24(29)28-11-9-23-21(10-14-33-23)22(28)17-32-20-8-4-7-19(26)15-20/h4,7-8,10,14-15,18,22H,2-3,5-6,9,11-13,16-17H2,1H3/t22-/m0/s1. The Morgan fingerprint density at radius 1 is 1.24 bits per heavy atom. The second kappa shape index (κ2) is 11.1. The van der Waals surface area contributed by atoms with E-state index in [1.807, 2.05) is 16.3 Å². The molecule has 1 aromatic carbocycles. The Kier molecular flexibility index (Phi) is 7.98. The first-order valence-electron chi connectivity index (χ1n) is 11.6. The molecule has 0 N–H and O–H groups in total. The van der Waals surface area contributed by atoms with Crippen molar-refractivity contribution in [3.63, 3.8) is 0 Å². The van der Waals surface area contributed by atoms with E-state index < -0.39 is 0 Å². The Balaban J connectivity index is 1.49. The summed E-state index contributed by atoms with van der Waals surface area (Å²) in [5.41, 5.74) is 1.07. The van der Waals surface area contributed by atoms with Gasteiger partial charge in [0.05, 0.1) is 19.2 Å². The largest absolute Gasteiger partial charge is 0.491 e. The quantitative estimate of drug-likeness (QED) is 0.550. The summed E-state index contributed by atoms with van der Waals surface area (Å²) >= 11 is 1.68. The first kappa shape index (κ1) is 23.7. The average molecular weight is 475 g/mol. The van der Waals surface area contributed by atoms with Crippen LogP contribution in [0.1, 0.15) is 42.2 Å². The molecule has 1 fully saturated rings. The monoisotopic (exact) mass is 474 g/mol. The number of thiophene rings is 1. The van der Waals surface area contributed by atoms with Crippen LogP contribution in [0.15, 0.2) is 35.7 Å². The molecule has 2 amide bonds. The van der Waals surface area contributed by atoms with Crippen molar-refractivity contribution < 1.29 is 23.5 Å². The van der Waals surface area contributed by atoms with Gasteiger partial charge in [-0.1, -0.05) is 18.9 Å². The molecule has 0 bridgehead atoms. The lowest BCUT2D eigenvalue weighted by molar-refractivity contribution is -0.145. The minimum Gasteiger partial charge on any atom is -0.491 e. The third-order valence-electron chi connectivity index (χ3n) is 6.53. The fraction of sp³-hybridized carbons (Fsp3) is 0.520. The number of halogens is 1. The van der Waals surface area contributed by atoms with Gasteiger partial charge in [0, 0.05) is 37.1 Å². The van der Waals surface area contributed by atoms with Crippen molar-refractivity contribution in [1.82, 2.24) is 9.80 Å². The summed E-state index contributed by atoms with van der Waals surface area (Å²) < 4.78 is 24.7. The number of hydrogen-bond acceptors (Lipinski definition) is 5. The molecule has 2 aliphatic rings. The molecule has 6 nitrogen and oxygen atoms in total. The fourth-order valence-corrected chi connectivity index (χ4v) is 5.69. The predicted molar refractivity (Wildman–Crippen MR) is 125 cm³/mol. The van der Waals surface area contributed by atoms with Crippen molar-refractivity contribution in [1.29, 1.82) is 0 Å². The van der Waals surface area contributed by atoms with Crippen LogP contribution >= 0.6 is 11.3 Å². The van der Waals surface area contributed by atoms with Gasteiger partial charge < -0.3 is 19.3 Å². The third-order valence-corrected chi connectivity index (χ3v) is 7.52. The van der Waals surface area contributed by atoms with E-state index in [0.717, 1.165) is 37.7 Å². The van der Waals surface area contributed by atoms with Crippen LogP contribution in [0.3, 0.4) is 0 Å². The third kappa shape index (κ3) is 5.73. The molecule has 1 aliphatic carbocycles. The second-order valence-electron chi connectivity index (χ2n) is 8.65. The number of fused-ring (bicyclic) bond motifs is 1. The molecule has 0 saturated heterocycles. The molecule has 0 spiro atoms. The topological polar surface area (TPSA) is 59.1 Å². The van der Waals surface area contributed by atoms with Crippen LogP contribution in [0.4, 0.5) is 4.39 Å². The van der Waals surface area contributed by atoms with Crippen molar-refractivity contribution in [2.24, 2.45) is 5.92 Å². The van der Waals surface area contributed by atoms with Crippen LogP contribution in [0, 0.1) is 11.7 Å². The minimum absolute atomic E-state index is 0.00611. The molecule has 1 atom stereocenters. The molecule has 33 heavy (non-hydrogen) atoms. The van der Waals surface area contributed by atoms with Gasteiger partial charge in [0.15, 0.2) is 0 Å². The molecule has 1 saturated carbocycles. The zero-order valence-corrected chi connectivity index (χ0v) is 19.8. The van der Waals surface area contributed by atoms with Gasteiger partial charge in [-0.25, -0.2) is 4.39 Å². The molecule has 0 unspecified atom stereocenters. The maximum atomic E-state index is 13.6. The van der Waals surface area contributed by atoms with Crippen LogP contribution in [-0.2, 0) is 20.7 Å². The number of carbonyl (C=O) groups is 2. The lowest BCUT2D eigenvalue weighted by Gasteiger charge is -2.37. The molecule has 1 aliphatic heterocycles. The molecular formula is C25H31FN2O4S. The van der Waals surface area contributed by atoms with E-state index in [1.165, 1.54) is 17.0 Å². The fourth-order valence-electron chi connectivity index (χ4n) is 4.76. The van der Waals surface area contributed by atoms with Crippen molar-refractivity contribution in [3.8, 4) is 5.75 Å². The van der Waals surface area contributed by atoms with Crippen LogP contribution < -0.4 is 4.74 Å². The van der Waals surface area contributed by atoms with Gasteiger partial charge in [-0.2, -0.15) is 0 Å². The summed E-state index contributed by atoms with van der Waals surface area (Å²) in [7, 11) is 1.60. The van der Waals surface area contributed by atoms with Crippen molar-refractivity contribution in [2.75, 3.05) is 40.0 Å². The number of carbonyl (C=O) groups excluding carboxylic acids is 2. The number of benzene rings is 1. The highest BCUT2D eigenvalue weighted by Crippen LogP contribution is 2.34. The minimum atomic E-state index is -0.362. The van der Waals surface area contributed by atoms with Crippen molar-refractivity contribution in [3.05, 3.63) is 52.0 Å². The summed E-state index contributed by atoms with van der Waals surface area (Å²) in [5, 5.41) is 2.03. The molecular weight excluding hydrogens is 443 g/mol. The highest BCUT2D eigenvalue weighted by atomic mass is 32.1. The molecule has 4 rings (SSSR count). The summed E-state index contributed by atoms with van der Waals surface area (Å²) in [6.07, 6.45) is 4.69.